The Hall–Kier alpha value is -2.76. The molecule has 0 spiro atoms. The molecule has 114 valence electrons. The zero-order valence-electron chi connectivity index (χ0n) is 12.1. The monoisotopic (exact) mass is 301 g/mol. The first-order valence-corrected chi connectivity index (χ1v) is 6.91. The minimum absolute atomic E-state index is 0.0667. The first kappa shape index (κ1) is 14.2. The van der Waals surface area contributed by atoms with Crippen LogP contribution in [0, 0.1) is 0 Å². The quantitative estimate of drug-likeness (QED) is 0.639. The normalized spacial score (nSPS) is 13.3. The molecule has 0 saturated carbocycles. The van der Waals surface area contributed by atoms with Gasteiger partial charge in [0.2, 0.25) is 0 Å². The number of ether oxygens (including phenoxy) is 3. The van der Waals surface area contributed by atoms with E-state index in [-0.39, 0.29) is 6.61 Å². The molecule has 2 heterocycles. The van der Waals surface area contributed by atoms with Crippen molar-refractivity contribution in [3.8, 4) is 22.8 Å². The van der Waals surface area contributed by atoms with Gasteiger partial charge in [-0.3, -0.25) is 0 Å². The Morgan fingerprint density at radius 3 is 2.91 bits per heavy atom. The van der Waals surface area contributed by atoms with Crippen molar-refractivity contribution in [2.75, 3.05) is 13.2 Å². The van der Waals surface area contributed by atoms with E-state index >= 15 is 0 Å². The molecule has 2 aromatic rings. The molecule has 0 radical (unpaired) electrons. The Morgan fingerprint density at radius 1 is 1.27 bits per heavy atom. The molecule has 3 rings (SSSR count). The number of carbonyl (C=O) groups is 1. The summed E-state index contributed by atoms with van der Waals surface area (Å²) in [5.74, 6) is 1.57. The molecule has 0 atom stereocenters. The highest BCUT2D eigenvalue weighted by molar-refractivity contribution is 5.81. The number of carbonyl (C=O) groups excluding carboxylic acids is 1. The minimum atomic E-state index is -0.411. The Balaban J connectivity index is 1.72. The second-order valence-electron chi connectivity index (χ2n) is 4.65. The van der Waals surface area contributed by atoms with Crippen LogP contribution in [0.4, 0.5) is 0 Å². The summed E-state index contributed by atoms with van der Waals surface area (Å²) in [7, 11) is 0. The third kappa shape index (κ3) is 3.11. The Bertz CT molecular complexity index is 704. The van der Waals surface area contributed by atoms with Crippen molar-refractivity contribution in [1.82, 2.24) is 5.16 Å². The van der Waals surface area contributed by atoms with Gasteiger partial charge < -0.3 is 18.7 Å². The van der Waals surface area contributed by atoms with Crippen LogP contribution in [-0.2, 0) is 16.1 Å². The number of esters is 1. The van der Waals surface area contributed by atoms with Gasteiger partial charge in [0.15, 0.2) is 17.3 Å². The Morgan fingerprint density at radius 2 is 2.09 bits per heavy atom. The van der Waals surface area contributed by atoms with E-state index in [0.717, 1.165) is 11.3 Å². The summed E-state index contributed by atoms with van der Waals surface area (Å²) in [5, 5.41) is 3.89. The molecule has 0 amide bonds. The van der Waals surface area contributed by atoms with Gasteiger partial charge in [-0.2, -0.15) is 0 Å². The van der Waals surface area contributed by atoms with Gasteiger partial charge in [0.05, 0.1) is 0 Å². The molecular formula is C16H15NO5. The van der Waals surface area contributed by atoms with Crippen LogP contribution >= 0.6 is 0 Å². The summed E-state index contributed by atoms with van der Waals surface area (Å²) < 4.78 is 21.3. The fourth-order valence-electron chi connectivity index (χ4n) is 2.04. The van der Waals surface area contributed by atoms with Gasteiger partial charge in [0, 0.05) is 17.7 Å². The van der Waals surface area contributed by atoms with Crippen LogP contribution < -0.4 is 9.47 Å². The highest BCUT2D eigenvalue weighted by Crippen LogP contribution is 2.34. The topological polar surface area (TPSA) is 70.8 Å². The first-order valence-electron chi connectivity index (χ1n) is 6.91. The highest BCUT2D eigenvalue weighted by atomic mass is 16.6. The largest absolute Gasteiger partial charge is 0.486 e. The number of fused-ring (bicyclic) bond motifs is 1. The summed E-state index contributed by atoms with van der Waals surface area (Å²) in [6, 6.07) is 7.26. The number of allylic oxidation sites excluding steroid dienone is 1. The number of rotatable bonds is 4. The third-order valence-electron chi connectivity index (χ3n) is 3.05. The average Bonchev–Trinajstić information content (AvgIpc) is 3.02. The molecule has 1 aromatic carbocycles. The molecule has 0 unspecified atom stereocenters. The third-order valence-corrected chi connectivity index (χ3v) is 3.05. The molecule has 22 heavy (non-hydrogen) atoms. The fourth-order valence-corrected chi connectivity index (χ4v) is 2.04. The molecule has 1 aliphatic heterocycles. The molecule has 0 bridgehead atoms. The maximum absolute atomic E-state index is 11.3. The van der Waals surface area contributed by atoms with E-state index in [4.69, 9.17) is 18.7 Å². The lowest BCUT2D eigenvalue weighted by molar-refractivity contribution is -0.139. The van der Waals surface area contributed by atoms with Crippen molar-refractivity contribution in [3.63, 3.8) is 0 Å². The van der Waals surface area contributed by atoms with E-state index in [0.29, 0.717) is 30.4 Å². The van der Waals surface area contributed by atoms with E-state index in [9.17, 15) is 4.79 Å². The first-order chi connectivity index (χ1) is 10.8. The van der Waals surface area contributed by atoms with Crippen molar-refractivity contribution in [1.29, 1.82) is 0 Å². The zero-order valence-corrected chi connectivity index (χ0v) is 12.1. The molecule has 0 N–H and O–H groups in total. The van der Waals surface area contributed by atoms with Crippen LogP contribution in [0.1, 0.15) is 12.6 Å². The molecule has 1 aromatic heterocycles. The average molecular weight is 301 g/mol. The minimum Gasteiger partial charge on any atom is -0.486 e. The summed E-state index contributed by atoms with van der Waals surface area (Å²) in [6.45, 7) is 2.89. The molecule has 0 fully saturated rings. The number of hydrogen-bond acceptors (Lipinski definition) is 6. The number of benzene rings is 1. The maximum atomic E-state index is 11.3. The van der Waals surface area contributed by atoms with Gasteiger partial charge in [-0.1, -0.05) is 11.2 Å². The van der Waals surface area contributed by atoms with E-state index in [1.54, 1.807) is 19.1 Å². The predicted octanol–water partition coefficient (Wildman–Crippen LogP) is 2.73. The van der Waals surface area contributed by atoms with E-state index < -0.39 is 5.97 Å². The van der Waals surface area contributed by atoms with Gasteiger partial charge in [-0.15, -0.1) is 0 Å². The number of aromatic nitrogens is 1. The highest BCUT2D eigenvalue weighted by Gasteiger charge is 2.15. The summed E-state index contributed by atoms with van der Waals surface area (Å²) in [4.78, 5) is 11.3. The van der Waals surface area contributed by atoms with E-state index in [2.05, 4.69) is 5.16 Å². The maximum Gasteiger partial charge on any atom is 0.330 e. The van der Waals surface area contributed by atoms with Crippen LogP contribution in [0.25, 0.3) is 11.3 Å². The molecule has 1 aliphatic rings. The summed E-state index contributed by atoms with van der Waals surface area (Å²) in [5.41, 5.74) is 1.37. The van der Waals surface area contributed by atoms with Gasteiger partial charge in [0.1, 0.15) is 25.5 Å². The van der Waals surface area contributed by atoms with Gasteiger partial charge in [-0.25, -0.2) is 4.79 Å². The smallest absolute Gasteiger partial charge is 0.330 e. The molecule has 0 saturated heterocycles. The van der Waals surface area contributed by atoms with Gasteiger partial charge >= 0.3 is 5.97 Å². The molecule has 6 nitrogen and oxygen atoms in total. The lowest BCUT2D eigenvalue weighted by Gasteiger charge is -2.18. The molecule has 6 heteroatoms. The van der Waals surface area contributed by atoms with E-state index in [1.807, 2.05) is 18.2 Å². The van der Waals surface area contributed by atoms with Gasteiger partial charge in [-0.05, 0) is 25.1 Å². The van der Waals surface area contributed by atoms with Crippen LogP contribution in [0.2, 0.25) is 0 Å². The van der Waals surface area contributed by atoms with Crippen LogP contribution in [0.3, 0.4) is 0 Å². The second-order valence-corrected chi connectivity index (χ2v) is 4.65. The summed E-state index contributed by atoms with van der Waals surface area (Å²) >= 11 is 0. The second kappa shape index (κ2) is 6.34. The van der Waals surface area contributed by atoms with Crippen molar-refractivity contribution in [2.45, 2.75) is 13.5 Å². The standard InChI is InChI=1S/C16H15NO5/c1-2-3-16(18)21-10-12-9-14(22-17-12)11-4-5-13-15(8-11)20-7-6-19-13/h2-5,8-9H,6-7,10H2,1H3/b3-2-. The van der Waals surface area contributed by atoms with E-state index in [1.165, 1.54) is 6.08 Å². The van der Waals surface area contributed by atoms with Crippen molar-refractivity contribution >= 4 is 5.97 Å². The number of nitrogens with zero attached hydrogens (tertiary/aromatic N) is 1. The van der Waals surface area contributed by atoms with Crippen molar-refractivity contribution in [2.24, 2.45) is 0 Å². The fraction of sp³-hybridized carbons (Fsp3) is 0.250. The van der Waals surface area contributed by atoms with Crippen LogP contribution in [0.5, 0.6) is 11.5 Å². The summed E-state index contributed by atoms with van der Waals surface area (Å²) in [6.07, 6.45) is 2.97. The van der Waals surface area contributed by atoms with Crippen molar-refractivity contribution in [3.05, 3.63) is 42.1 Å². The Labute approximate surface area is 127 Å². The zero-order chi connectivity index (χ0) is 15.4. The lowest BCUT2D eigenvalue weighted by atomic mass is 10.1. The predicted molar refractivity (Wildman–Crippen MR) is 77.5 cm³/mol. The number of hydrogen-bond donors (Lipinski definition) is 0. The van der Waals surface area contributed by atoms with Gasteiger partial charge in [0.25, 0.3) is 0 Å². The Kier molecular flexibility index (Phi) is 4.09. The molecule has 0 aliphatic carbocycles. The SMILES string of the molecule is C/C=C\C(=O)OCc1cc(-c2ccc3c(c2)OCCO3)on1. The lowest BCUT2D eigenvalue weighted by Crippen LogP contribution is -2.15. The van der Waals surface area contributed by atoms with Crippen LogP contribution in [-0.4, -0.2) is 24.3 Å². The molecular weight excluding hydrogens is 286 g/mol. The van der Waals surface area contributed by atoms with Crippen molar-refractivity contribution < 1.29 is 23.5 Å². The van der Waals surface area contributed by atoms with Crippen LogP contribution in [0.15, 0.2) is 40.9 Å².